The number of para-hydroxylation sites is 1. The lowest BCUT2D eigenvalue weighted by Crippen LogP contribution is -2.14. The zero-order valence-corrected chi connectivity index (χ0v) is 14.6. The molecule has 4 rings (SSSR count). The number of benzene rings is 2. The number of Topliss-reactive ketones (excluding diaryl/α,β-unsaturated/α-hetero) is 1. The maximum absolute atomic E-state index is 13.4. The Morgan fingerprint density at radius 3 is 2.33 bits per heavy atom. The van der Waals surface area contributed by atoms with E-state index in [2.05, 4.69) is 4.98 Å². The summed E-state index contributed by atoms with van der Waals surface area (Å²) in [6, 6.07) is 13.1. The molecular weight excluding hydrogens is 351 g/mol. The number of aromatic nitrogens is 1. The van der Waals surface area contributed by atoms with Crippen LogP contribution in [0.5, 0.6) is 0 Å². The van der Waals surface area contributed by atoms with E-state index in [1.165, 1.54) is 12.3 Å². The molecule has 0 atom stereocenters. The lowest BCUT2D eigenvalue weighted by atomic mass is 9.88. The number of nitrogens with zero attached hydrogens (tertiary/aromatic N) is 1. The van der Waals surface area contributed by atoms with Crippen molar-refractivity contribution >= 4 is 16.7 Å². The Bertz CT molecular complexity index is 990. The van der Waals surface area contributed by atoms with Crippen molar-refractivity contribution in [1.29, 1.82) is 0 Å². The molecule has 2 nitrogen and oxygen atoms in total. The van der Waals surface area contributed by atoms with Gasteiger partial charge in [0.05, 0.1) is 11.1 Å². The summed E-state index contributed by atoms with van der Waals surface area (Å²) < 4.78 is 40.3. The van der Waals surface area contributed by atoms with Gasteiger partial charge in [-0.2, -0.15) is 13.2 Å². The fourth-order valence-electron chi connectivity index (χ4n) is 3.96. The molecule has 1 aliphatic carbocycles. The van der Waals surface area contributed by atoms with Crippen molar-refractivity contribution in [1.82, 2.24) is 4.98 Å². The maximum atomic E-state index is 13.4. The molecule has 1 aliphatic rings. The van der Waals surface area contributed by atoms with E-state index in [1.54, 1.807) is 6.07 Å². The van der Waals surface area contributed by atoms with Crippen LogP contribution in [0.25, 0.3) is 22.0 Å². The third-order valence-electron chi connectivity index (χ3n) is 5.26. The van der Waals surface area contributed by atoms with Crippen LogP contribution in [0.2, 0.25) is 0 Å². The Kier molecular flexibility index (Phi) is 4.46. The van der Waals surface area contributed by atoms with Gasteiger partial charge in [0.15, 0.2) is 5.78 Å². The maximum Gasteiger partial charge on any atom is 0.418 e. The summed E-state index contributed by atoms with van der Waals surface area (Å²) in [6.45, 7) is 0. The van der Waals surface area contributed by atoms with Crippen molar-refractivity contribution in [3.05, 3.63) is 65.9 Å². The van der Waals surface area contributed by atoms with Crippen LogP contribution in [0, 0.1) is 5.92 Å². The highest BCUT2D eigenvalue weighted by Gasteiger charge is 2.34. The summed E-state index contributed by atoms with van der Waals surface area (Å²) in [6.07, 6.45) is 0.506. The first-order valence-corrected chi connectivity index (χ1v) is 9.05. The monoisotopic (exact) mass is 369 g/mol. The van der Waals surface area contributed by atoms with E-state index in [1.807, 2.05) is 30.3 Å². The minimum Gasteiger partial charge on any atom is -0.294 e. The van der Waals surface area contributed by atoms with E-state index in [-0.39, 0.29) is 17.2 Å². The fraction of sp³-hybridized carbons (Fsp3) is 0.273. The van der Waals surface area contributed by atoms with Gasteiger partial charge < -0.3 is 0 Å². The van der Waals surface area contributed by atoms with Gasteiger partial charge in [-0.05, 0) is 24.5 Å². The predicted octanol–water partition coefficient (Wildman–Crippen LogP) is 6.29. The molecule has 0 radical (unpaired) electrons. The van der Waals surface area contributed by atoms with Crippen LogP contribution in [0.4, 0.5) is 13.2 Å². The van der Waals surface area contributed by atoms with Gasteiger partial charge in [-0.3, -0.25) is 9.78 Å². The van der Waals surface area contributed by atoms with Crippen molar-refractivity contribution in [2.75, 3.05) is 0 Å². The molecule has 1 aromatic heterocycles. The van der Waals surface area contributed by atoms with Crippen molar-refractivity contribution in [2.24, 2.45) is 5.92 Å². The quantitative estimate of drug-likeness (QED) is 0.508. The van der Waals surface area contributed by atoms with Gasteiger partial charge in [0, 0.05) is 28.6 Å². The Morgan fingerprint density at radius 1 is 0.963 bits per heavy atom. The number of carbonyl (C=O) groups is 1. The van der Waals surface area contributed by atoms with Gasteiger partial charge in [0.25, 0.3) is 0 Å². The minimum absolute atomic E-state index is 0.0156. The molecule has 5 heteroatoms. The summed E-state index contributed by atoms with van der Waals surface area (Å²) in [7, 11) is 0. The molecule has 0 spiro atoms. The van der Waals surface area contributed by atoms with E-state index >= 15 is 0 Å². The molecule has 1 heterocycles. The molecule has 1 fully saturated rings. The van der Waals surface area contributed by atoms with Gasteiger partial charge in [0.2, 0.25) is 0 Å². The second kappa shape index (κ2) is 6.80. The van der Waals surface area contributed by atoms with Crippen molar-refractivity contribution < 1.29 is 18.0 Å². The number of fused-ring (bicyclic) bond motifs is 1. The molecule has 0 N–H and O–H groups in total. The highest BCUT2D eigenvalue weighted by molar-refractivity contribution is 6.10. The van der Waals surface area contributed by atoms with Gasteiger partial charge in [-0.1, -0.05) is 55.3 Å². The first-order valence-electron chi connectivity index (χ1n) is 9.05. The largest absolute Gasteiger partial charge is 0.418 e. The van der Waals surface area contributed by atoms with Crippen molar-refractivity contribution in [3.63, 3.8) is 0 Å². The summed E-state index contributed by atoms with van der Waals surface area (Å²) in [5.74, 6) is -0.0873. The third-order valence-corrected chi connectivity index (χ3v) is 5.26. The fourth-order valence-corrected chi connectivity index (χ4v) is 3.96. The lowest BCUT2D eigenvalue weighted by molar-refractivity contribution is -0.136. The second-order valence-corrected chi connectivity index (χ2v) is 6.96. The highest BCUT2D eigenvalue weighted by atomic mass is 19.4. The van der Waals surface area contributed by atoms with Crippen molar-refractivity contribution in [2.45, 2.75) is 31.9 Å². The predicted molar refractivity (Wildman–Crippen MR) is 98.5 cm³/mol. The standard InChI is InChI=1S/C22H18F3NO/c23-22(24,25)18-12-6-11-16-19(14-7-2-1-3-8-14)17(13-26-20(16)18)21(27)15-9-4-5-10-15/h1-3,6-8,11-13,15H,4-5,9-10H2. The molecule has 0 saturated heterocycles. The molecule has 3 aromatic rings. The number of ketones is 1. The first-order chi connectivity index (χ1) is 13.0. The van der Waals surface area contributed by atoms with Crippen LogP contribution in [0.15, 0.2) is 54.7 Å². The molecule has 0 unspecified atom stereocenters. The number of hydrogen-bond acceptors (Lipinski definition) is 2. The van der Waals surface area contributed by atoms with Crippen LogP contribution < -0.4 is 0 Å². The number of rotatable bonds is 3. The normalized spacial score (nSPS) is 15.4. The summed E-state index contributed by atoms with van der Waals surface area (Å²) in [4.78, 5) is 17.2. The molecule has 1 saturated carbocycles. The Morgan fingerprint density at radius 2 is 1.67 bits per heavy atom. The molecule has 0 bridgehead atoms. The average Bonchev–Trinajstić information content (AvgIpc) is 3.20. The lowest BCUT2D eigenvalue weighted by Gasteiger charge is -2.17. The molecule has 27 heavy (non-hydrogen) atoms. The van der Waals surface area contributed by atoms with E-state index in [0.717, 1.165) is 37.3 Å². The molecule has 2 aromatic carbocycles. The van der Waals surface area contributed by atoms with Crippen LogP contribution >= 0.6 is 0 Å². The first kappa shape index (κ1) is 17.7. The van der Waals surface area contributed by atoms with E-state index in [0.29, 0.717) is 16.5 Å². The Hall–Kier alpha value is -2.69. The minimum atomic E-state index is -4.50. The van der Waals surface area contributed by atoms with Gasteiger partial charge in [-0.15, -0.1) is 0 Å². The number of alkyl halides is 3. The highest BCUT2D eigenvalue weighted by Crippen LogP contribution is 2.40. The van der Waals surface area contributed by atoms with Crippen LogP contribution in [0.1, 0.15) is 41.6 Å². The summed E-state index contributed by atoms with van der Waals surface area (Å²) >= 11 is 0. The Labute approximate surface area is 155 Å². The van der Waals surface area contributed by atoms with E-state index < -0.39 is 11.7 Å². The molecular formula is C22H18F3NO. The number of pyridine rings is 1. The third kappa shape index (κ3) is 3.22. The number of carbonyl (C=O) groups excluding carboxylic acids is 1. The SMILES string of the molecule is O=C(c1cnc2c(C(F)(F)F)cccc2c1-c1ccccc1)C1CCCC1. The zero-order valence-electron chi connectivity index (χ0n) is 14.6. The van der Waals surface area contributed by atoms with Gasteiger partial charge in [-0.25, -0.2) is 0 Å². The summed E-state index contributed by atoms with van der Waals surface area (Å²) in [5.41, 5.74) is 0.790. The molecule has 138 valence electrons. The summed E-state index contributed by atoms with van der Waals surface area (Å²) in [5, 5.41) is 0.361. The topological polar surface area (TPSA) is 30.0 Å². The van der Waals surface area contributed by atoms with Crippen LogP contribution in [0.3, 0.4) is 0 Å². The van der Waals surface area contributed by atoms with Crippen LogP contribution in [-0.4, -0.2) is 10.8 Å². The van der Waals surface area contributed by atoms with Gasteiger partial charge >= 0.3 is 6.18 Å². The van der Waals surface area contributed by atoms with Gasteiger partial charge in [0.1, 0.15) is 0 Å². The van der Waals surface area contributed by atoms with Crippen LogP contribution in [-0.2, 0) is 6.18 Å². The second-order valence-electron chi connectivity index (χ2n) is 6.96. The molecule has 0 aliphatic heterocycles. The van der Waals surface area contributed by atoms with Crippen molar-refractivity contribution in [3.8, 4) is 11.1 Å². The average molecular weight is 369 g/mol. The molecule has 0 amide bonds. The smallest absolute Gasteiger partial charge is 0.294 e. The zero-order chi connectivity index (χ0) is 19.0. The van der Waals surface area contributed by atoms with E-state index in [4.69, 9.17) is 0 Å². The number of hydrogen-bond donors (Lipinski definition) is 0. The number of halogens is 3. The van der Waals surface area contributed by atoms with E-state index in [9.17, 15) is 18.0 Å². The Balaban J connectivity index is 2.00.